The highest BCUT2D eigenvalue weighted by Gasteiger charge is 2.32. The van der Waals surface area contributed by atoms with Gasteiger partial charge in [-0.2, -0.15) is 0 Å². The molecular weight excluding hydrogens is 474 g/mol. The number of nitrogens with zero attached hydrogens (tertiary/aromatic N) is 1. The summed E-state index contributed by atoms with van der Waals surface area (Å²) in [5.41, 5.74) is 2.93. The monoisotopic (exact) mass is 503 g/mol. The summed E-state index contributed by atoms with van der Waals surface area (Å²) in [6.07, 6.45) is 4.07. The third kappa shape index (κ3) is 5.14. The quantitative estimate of drug-likeness (QED) is 0.414. The van der Waals surface area contributed by atoms with Crippen LogP contribution in [0.2, 0.25) is 0 Å². The molecule has 0 fully saturated rings. The molecule has 3 aromatic rings. The number of carbonyl (C=O) groups is 1. The molecule has 1 atom stereocenters. The number of amides is 1. The lowest BCUT2D eigenvalue weighted by Gasteiger charge is -2.37. The van der Waals surface area contributed by atoms with Gasteiger partial charge in [0.25, 0.3) is 0 Å². The molecule has 0 bridgehead atoms. The minimum absolute atomic E-state index is 0.110. The number of rotatable bonds is 8. The maximum atomic E-state index is 13.5. The van der Waals surface area contributed by atoms with Crippen LogP contribution in [0.15, 0.2) is 60.7 Å². The summed E-state index contributed by atoms with van der Waals surface area (Å²) >= 11 is 0. The van der Waals surface area contributed by atoms with Gasteiger partial charge >= 0.3 is 0 Å². The lowest BCUT2D eigenvalue weighted by Crippen LogP contribution is -2.41. The average Bonchev–Trinajstić information content (AvgIpc) is 3.42. The molecule has 37 heavy (non-hydrogen) atoms. The number of hydrogen-bond donors (Lipinski definition) is 0. The van der Waals surface area contributed by atoms with E-state index in [-0.39, 0.29) is 25.3 Å². The molecule has 1 unspecified atom stereocenters. The lowest BCUT2D eigenvalue weighted by atomic mass is 9.92. The van der Waals surface area contributed by atoms with E-state index in [1.807, 2.05) is 59.5 Å². The van der Waals surface area contributed by atoms with E-state index in [2.05, 4.69) is 0 Å². The molecular formula is C29H29NO7. The zero-order chi connectivity index (χ0) is 25.8. The Morgan fingerprint density at radius 1 is 0.919 bits per heavy atom. The van der Waals surface area contributed by atoms with Gasteiger partial charge in [0.1, 0.15) is 18.1 Å². The third-order valence-electron chi connectivity index (χ3n) is 6.57. The van der Waals surface area contributed by atoms with Crippen LogP contribution in [0.5, 0.6) is 34.5 Å². The fourth-order valence-electron chi connectivity index (χ4n) is 4.60. The van der Waals surface area contributed by atoms with E-state index in [0.29, 0.717) is 41.7 Å². The van der Waals surface area contributed by atoms with E-state index in [0.717, 1.165) is 22.4 Å². The van der Waals surface area contributed by atoms with Crippen LogP contribution in [0.3, 0.4) is 0 Å². The van der Waals surface area contributed by atoms with Crippen LogP contribution in [0.25, 0.3) is 6.08 Å². The predicted octanol–water partition coefficient (Wildman–Crippen LogP) is 4.66. The van der Waals surface area contributed by atoms with E-state index in [9.17, 15) is 4.79 Å². The zero-order valence-corrected chi connectivity index (χ0v) is 21.1. The standard InChI is InChI=1S/C29H29NO7/c1-32-21-6-8-22(9-7-21)35-17-24-23-16-27(34-3)26(33-2)15-20(23)12-13-30(24)29(31)11-5-19-4-10-25-28(14-19)37-18-36-25/h4-11,14-16,24H,12-13,17-18H2,1-3H3/b11-5+. The number of methoxy groups -OCH3 is 3. The highest BCUT2D eigenvalue weighted by Crippen LogP contribution is 2.39. The van der Waals surface area contributed by atoms with Crippen molar-refractivity contribution in [2.24, 2.45) is 0 Å². The largest absolute Gasteiger partial charge is 0.497 e. The van der Waals surface area contributed by atoms with Gasteiger partial charge in [0.15, 0.2) is 23.0 Å². The van der Waals surface area contributed by atoms with Gasteiger partial charge in [0, 0.05) is 12.6 Å². The first-order valence-electron chi connectivity index (χ1n) is 12.0. The average molecular weight is 504 g/mol. The maximum Gasteiger partial charge on any atom is 0.247 e. The Hall–Kier alpha value is -4.33. The lowest BCUT2D eigenvalue weighted by molar-refractivity contribution is -0.129. The third-order valence-corrected chi connectivity index (χ3v) is 6.57. The van der Waals surface area contributed by atoms with E-state index >= 15 is 0 Å². The van der Waals surface area contributed by atoms with Gasteiger partial charge in [-0.3, -0.25) is 4.79 Å². The minimum Gasteiger partial charge on any atom is -0.497 e. The Bertz CT molecular complexity index is 1300. The van der Waals surface area contributed by atoms with E-state index in [4.69, 9.17) is 28.4 Å². The molecule has 1 amide bonds. The molecule has 5 rings (SSSR count). The second kappa shape index (κ2) is 10.7. The predicted molar refractivity (Wildman–Crippen MR) is 138 cm³/mol. The molecule has 0 aliphatic carbocycles. The van der Waals surface area contributed by atoms with Crippen molar-refractivity contribution >= 4 is 12.0 Å². The fourth-order valence-corrected chi connectivity index (χ4v) is 4.60. The number of carbonyl (C=O) groups excluding carboxylic acids is 1. The van der Waals surface area contributed by atoms with Gasteiger partial charge in [0.2, 0.25) is 12.7 Å². The van der Waals surface area contributed by atoms with Crippen LogP contribution in [0, 0.1) is 0 Å². The summed E-state index contributed by atoms with van der Waals surface area (Å²) in [6.45, 7) is 1.03. The summed E-state index contributed by atoms with van der Waals surface area (Å²) in [4.78, 5) is 15.3. The van der Waals surface area contributed by atoms with Gasteiger partial charge in [-0.25, -0.2) is 0 Å². The molecule has 8 nitrogen and oxygen atoms in total. The Labute approximate surface area is 215 Å². The van der Waals surface area contributed by atoms with Crippen LogP contribution in [-0.4, -0.2) is 52.1 Å². The molecule has 2 aliphatic rings. The maximum absolute atomic E-state index is 13.5. The Morgan fingerprint density at radius 2 is 1.65 bits per heavy atom. The van der Waals surface area contributed by atoms with Gasteiger partial charge in [0.05, 0.1) is 27.4 Å². The van der Waals surface area contributed by atoms with E-state index < -0.39 is 0 Å². The van der Waals surface area contributed by atoms with Gasteiger partial charge < -0.3 is 33.3 Å². The molecule has 0 radical (unpaired) electrons. The van der Waals surface area contributed by atoms with Crippen LogP contribution in [0.1, 0.15) is 22.7 Å². The van der Waals surface area contributed by atoms with Crippen molar-refractivity contribution in [1.29, 1.82) is 0 Å². The summed E-state index contributed by atoms with van der Waals surface area (Å²) in [7, 11) is 4.85. The van der Waals surface area contributed by atoms with Crippen molar-refractivity contribution in [2.45, 2.75) is 12.5 Å². The van der Waals surface area contributed by atoms with Gasteiger partial charge in [-0.15, -0.1) is 0 Å². The topological polar surface area (TPSA) is 75.7 Å². The van der Waals surface area contributed by atoms with E-state index in [1.54, 1.807) is 33.5 Å². The minimum atomic E-state index is -0.320. The molecule has 0 N–H and O–H groups in total. The molecule has 8 heteroatoms. The number of hydrogen-bond acceptors (Lipinski definition) is 7. The van der Waals surface area contributed by atoms with Crippen LogP contribution in [-0.2, 0) is 11.2 Å². The van der Waals surface area contributed by atoms with Crippen molar-refractivity contribution in [3.63, 3.8) is 0 Å². The summed E-state index contributed by atoms with van der Waals surface area (Å²) in [5, 5.41) is 0. The highest BCUT2D eigenvalue weighted by molar-refractivity contribution is 5.92. The van der Waals surface area contributed by atoms with Gasteiger partial charge in [-0.1, -0.05) is 6.07 Å². The summed E-state index contributed by atoms with van der Waals surface area (Å²) < 4.78 is 33.3. The first-order valence-corrected chi connectivity index (χ1v) is 12.0. The molecule has 2 heterocycles. The van der Waals surface area contributed by atoms with E-state index in [1.165, 1.54) is 0 Å². The molecule has 0 saturated carbocycles. The molecule has 2 aliphatic heterocycles. The van der Waals surface area contributed by atoms with Crippen molar-refractivity contribution in [2.75, 3.05) is 41.3 Å². The van der Waals surface area contributed by atoms with Crippen molar-refractivity contribution in [1.82, 2.24) is 4.90 Å². The summed E-state index contributed by atoms with van der Waals surface area (Å²) in [5.74, 6) is 3.99. The normalized spacial score (nSPS) is 15.9. The van der Waals surface area contributed by atoms with Crippen molar-refractivity contribution < 1.29 is 33.2 Å². The smallest absolute Gasteiger partial charge is 0.247 e. The Kier molecular flexibility index (Phi) is 7.07. The Morgan fingerprint density at radius 3 is 2.41 bits per heavy atom. The molecule has 0 spiro atoms. The number of fused-ring (bicyclic) bond motifs is 2. The van der Waals surface area contributed by atoms with Gasteiger partial charge in [-0.05, 0) is 77.7 Å². The fraction of sp³-hybridized carbons (Fsp3) is 0.276. The van der Waals surface area contributed by atoms with Crippen LogP contribution in [0.4, 0.5) is 0 Å². The first kappa shape index (κ1) is 24.4. The second-order valence-electron chi connectivity index (χ2n) is 8.64. The van der Waals surface area contributed by atoms with Crippen molar-refractivity contribution in [3.05, 3.63) is 77.4 Å². The molecule has 0 saturated heterocycles. The van der Waals surface area contributed by atoms with Crippen molar-refractivity contribution in [3.8, 4) is 34.5 Å². The molecule has 0 aromatic heterocycles. The molecule has 192 valence electrons. The SMILES string of the molecule is COc1ccc(OCC2c3cc(OC)c(OC)cc3CCN2C(=O)/C=C/c2ccc3c(c2)OCO3)cc1. The first-order chi connectivity index (χ1) is 18.1. The zero-order valence-electron chi connectivity index (χ0n) is 21.1. The van der Waals surface area contributed by atoms with Crippen LogP contribution < -0.4 is 28.4 Å². The number of benzene rings is 3. The Balaban J connectivity index is 1.41. The number of ether oxygens (including phenoxy) is 6. The van der Waals surface area contributed by atoms with Crippen LogP contribution >= 0.6 is 0 Å². The summed E-state index contributed by atoms with van der Waals surface area (Å²) in [6, 6.07) is 16.6. The highest BCUT2D eigenvalue weighted by atomic mass is 16.7. The second-order valence-corrected chi connectivity index (χ2v) is 8.64. The molecule has 3 aromatic carbocycles.